The first kappa shape index (κ1) is 23.0. The van der Waals surface area contributed by atoms with Crippen LogP contribution >= 0.6 is 11.8 Å². The minimum Gasteiger partial charge on any atom is -0.374 e. The van der Waals surface area contributed by atoms with E-state index in [4.69, 9.17) is 14.7 Å². The molecular formula is C28H27N5O2S. The first-order valence-corrected chi connectivity index (χ1v) is 13.2. The number of aromatic nitrogens is 3. The molecule has 1 atom stereocenters. The highest BCUT2D eigenvalue weighted by Gasteiger charge is 2.21. The van der Waals surface area contributed by atoms with Gasteiger partial charge < -0.3 is 10.1 Å². The minimum atomic E-state index is -0.0312. The zero-order valence-electron chi connectivity index (χ0n) is 19.8. The van der Waals surface area contributed by atoms with Crippen molar-refractivity contribution >= 4 is 45.3 Å². The Morgan fingerprint density at radius 1 is 0.972 bits per heavy atom. The van der Waals surface area contributed by atoms with Crippen molar-refractivity contribution in [3.8, 4) is 0 Å². The Kier molecular flexibility index (Phi) is 6.55. The highest BCUT2D eigenvalue weighted by molar-refractivity contribution is 7.99. The van der Waals surface area contributed by atoms with Gasteiger partial charge in [-0.15, -0.1) is 0 Å². The number of ether oxygens (including phenoxy) is 1. The van der Waals surface area contributed by atoms with Crippen LogP contribution in [0.2, 0.25) is 0 Å². The summed E-state index contributed by atoms with van der Waals surface area (Å²) in [4.78, 5) is 24.9. The number of thioether (sulfide) groups is 1. The van der Waals surface area contributed by atoms with Crippen LogP contribution in [-0.2, 0) is 16.1 Å². The second kappa shape index (κ2) is 10.3. The molecule has 1 saturated heterocycles. The molecule has 1 unspecified atom stereocenters. The molecule has 3 aromatic carbocycles. The molecule has 1 fully saturated rings. The highest BCUT2D eigenvalue weighted by atomic mass is 32.2. The summed E-state index contributed by atoms with van der Waals surface area (Å²) in [5, 5.41) is 4.82. The number of hydrogen-bond donors (Lipinski definition) is 1. The largest absolute Gasteiger partial charge is 0.374 e. The van der Waals surface area contributed by atoms with Gasteiger partial charge in [0.1, 0.15) is 5.65 Å². The number of fused-ring (bicyclic) bond motifs is 5. The number of imidazole rings is 1. The Hall–Kier alpha value is -3.46. The fourth-order valence-electron chi connectivity index (χ4n) is 4.71. The molecule has 0 saturated carbocycles. The molecule has 1 N–H and O–H groups in total. The van der Waals surface area contributed by atoms with E-state index < -0.39 is 0 Å². The van der Waals surface area contributed by atoms with Crippen molar-refractivity contribution in [2.45, 2.75) is 17.8 Å². The third kappa shape index (κ3) is 4.80. The predicted octanol–water partition coefficient (Wildman–Crippen LogP) is 4.15. The summed E-state index contributed by atoms with van der Waals surface area (Å²) in [6.45, 7) is 3.77. The Labute approximate surface area is 213 Å². The van der Waals surface area contributed by atoms with Crippen LogP contribution in [0, 0.1) is 0 Å². The lowest BCUT2D eigenvalue weighted by Crippen LogP contribution is -2.47. The number of nitrogens with one attached hydrogen (secondary N) is 1. The van der Waals surface area contributed by atoms with Crippen LogP contribution in [0.25, 0.3) is 27.6 Å². The van der Waals surface area contributed by atoms with E-state index in [9.17, 15) is 4.79 Å². The molecule has 36 heavy (non-hydrogen) atoms. The molecule has 1 aliphatic rings. The van der Waals surface area contributed by atoms with Gasteiger partial charge in [0.05, 0.1) is 35.0 Å². The topological polar surface area (TPSA) is 71.8 Å². The quantitative estimate of drug-likeness (QED) is 0.269. The molecule has 182 valence electrons. The molecule has 0 spiro atoms. The number of carbonyl (C=O) groups is 1. The van der Waals surface area contributed by atoms with E-state index in [0.29, 0.717) is 13.2 Å². The highest BCUT2D eigenvalue weighted by Crippen LogP contribution is 2.28. The molecule has 0 radical (unpaired) electrons. The maximum Gasteiger partial charge on any atom is 0.230 e. The second-order valence-electron chi connectivity index (χ2n) is 8.98. The number of rotatable bonds is 7. The second-order valence-corrected chi connectivity index (χ2v) is 9.92. The number of nitrogens with zero attached hydrogens (tertiary/aromatic N) is 4. The normalized spacial score (nSPS) is 16.6. The van der Waals surface area contributed by atoms with E-state index in [1.54, 1.807) is 0 Å². The summed E-state index contributed by atoms with van der Waals surface area (Å²) in [7, 11) is 0. The predicted molar refractivity (Wildman–Crippen MR) is 143 cm³/mol. The van der Waals surface area contributed by atoms with Crippen LogP contribution in [0.3, 0.4) is 0 Å². The van der Waals surface area contributed by atoms with Crippen molar-refractivity contribution in [2.24, 2.45) is 0 Å². The smallest absolute Gasteiger partial charge is 0.230 e. The summed E-state index contributed by atoms with van der Waals surface area (Å²) in [6.07, 6.45) is -0.0143. The van der Waals surface area contributed by atoms with Gasteiger partial charge in [0.15, 0.2) is 5.16 Å². The van der Waals surface area contributed by atoms with Crippen molar-refractivity contribution in [3.63, 3.8) is 0 Å². The van der Waals surface area contributed by atoms with Crippen LogP contribution in [0.1, 0.15) is 5.56 Å². The van der Waals surface area contributed by atoms with Gasteiger partial charge in [-0.05, 0) is 29.8 Å². The molecule has 8 heteroatoms. The van der Waals surface area contributed by atoms with Crippen LogP contribution in [0.4, 0.5) is 0 Å². The van der Waals surface area contributed by atoms with Gasteiger partial charge >= 0.3 is 0 Å². The Bertz CT molecular complexity index is 1520. The van der Waals surface area contributed by atoms with E-state index in [1.807, 2.05) is 54.6 Å². The van der Waals surface area contributed by atoms with E-state index in [-0.39, 0.29) is 17.8 Å². The van der Waals surface area contributed by atoms with Crippen molar-refractivity contribution in [1.29, 1.82) is 0 Å². The van der Waals surface area contributed by atoms with Crippen molar-refractivity contribution in [1.82, 2.24) is 24.6 Å². The van der Waals surface area contributed by atoms with E-state index in [0.717, 1.165) is 52.4 Å². The molecule has 7 nitrogen and oxygen atoms in total. The van der Waals surface area contributed by atoms with Crippen molar-refractivity contribution < 1.29 is 9.53 Å². The third-order valence-corrected chi connectivity index (χ3v) is 7.38. The zero-order valence-corrected chi connectivity index (χ0v) is 20.7. The summed E-state index contributed by atoms with van der Waals surface area (Å²) < 4.78 is 7.97. The molecular weight excluding hydrogens is 470 g/mol. The van der Waals surface area contributed by atoms with Gasteiger partial charge in [0.25, 0.3) is 0 Å². The SMILES string of the molecule is O=C(CSc1nc2ccccc2c2nc3ccccc3n12)NCC1CN(Cc2ccccc2)CCO1. The van der Waals surface area contributed by atoms with Crippen LogP contribution in [0.15, 0.2) is 84.0 Å². The van der Waals surface area contributed by atoms with E-state index in [2.05, 4.69) is 38.9 Å². The number of para-hydroxylation sites is 3. The van der Waals surface area contributed by atoms with Crippen LogP contribution in [0.5, 0.6) is 0 Å². The maximum atomic E-state index is 12.8. The van der Waals surface area contributed by atoms with Gasteiger partial charge in [-0.3, -0.25) is 14.1 Å². The van der Waals surface area contributed by atoms with E-state index >= 15 is 0 Å². The monoisotopic (exact) mass is 497 g/mol. The average molecular weight is 498 g/mol. The van der Waals surface area contributed by atoms with Crippen molar-refractivity contribution in [2.75, 3.05) is 32.0 Å². The van der Waals surface area contributed by atoms with Crippen molar-refractivity contribution in [3.05, 3.63) is 84.4 Å². The molecule has 2 aromatic heterocycles. The summed E-state index contributed by atoms with van der Waals surface area (Å²) in [6, 6.07) is 26.5. The average Bonchev–Trinajstić information content (AvgIpc) is 3.32. The lowest BCUT2D eigenvalue weighted by Gasteiger charge is -2.33. The summed E-state index contributed by atoms with van der Waals surface area (Å²) >= 11 is 1.43. The molecule has 1 aliphatic heterocycles. The molecule has 3 heterocycles. The van der Waals surface area contributed by atoms with Gasteiger partial charge in [0.2, 0.25) is 5.91 Å². The fraction of sp³-hybridized carbons (Fsp3) is 0.250. The van der Waals surface area contributed by atoms with Gasteiger partial charge in [0, 0.05) is 31.6 Å². The molecule has 0 bridgehead atoms. The third-order valence-electron chi connectivity index (χ3n) is 6.44. The van der Waals surface area contributed by atoms with Gasteiger partial charge in [-0.25, -0.2) is 9.97 Å². The van der Waals surface area contributed by atoms with Crippen LogP contribution < -0.4 is 5.32 Å². The van der Waals surface area contributed by atoms with E-state index in [1.165, 1.54) is 17.3 Å². The van der Waals surface area contributed by atoms with Gasteiger partial charge in [-0.1, -0.05) is 66.4 Å². The number of carbonyl (C=O) groups excluding carboxylic acids is 1. The molecule has 6 rings (SSSR count). The Balaban J connectivity index is 1.12. The standard InChI is InChI=1S/C28H27N5O2S/c34-26(29-16-21-18-32(14-15-35-21)17-20-8-2-1-3-9-20)19-36-28-31-23-11-5-4-10-22(23)27-30-24-12-6-7-13-25(24)33(27)28/h1-13,21H,14-19H2,(H,29,34). The zero-order chi connectivity index (χ0) is 24.3. The molecule has 0 aliphatic carbocycles. The Morgan fingerprint density at radius 3 is 2.64 bits per heavy atom. The number of morpholine rings is 1. The lowest BCUT2D eigenvalue weighted by atomic mass is 10.2. The Morgan fingerprint density at radius 2 is 1.75 bits per heavy atom. The van der Waals surface area contributed by atoms with Crippen LogP contribution in [-0.4, -0.2) is 63.3 Å². The first-order valence-electron chi connectivity index (χ1n) is 12.2. The summed E-state index contributed by atoms with van der Waals surface area (Å²) in [5.41, 5.74) is 4.93. The number of amides is 1. The molecule has 1 amide bonds. The van der Waals surface area contributed by atoms with Gasteiger partial charge in [-0.2, -0.15) is 0 Å². The molecule has 5 aromatic rings. The number of benzene rings is 3. The minimum absolute atomic E-state index is 0.0143. The number of hydrogen-bond acceptors (Lipinski definition) is 6. The fourth-order valence-corrected chi connectivity index (χ4v) is 5.55. The summed E-state index contributed by atoms with van der Waals surface area (Å²) in [5.74, 6) is 0.240. The first-order chi connectivity index (χ1) is 17.7. The maximum absolute atomic E-state index is 12.8. The lowest BCUT2D eigenvalue weighted by molar-refractivity contribution is -0.119.